The second-order valence-corrected chi connectivity index (χ2v) is 19.5. The number of nitrogens with zero attached hydrogens (tertiary/aromatic N) is 1. The van der Waals surface area contributed by atoms with Crippen molar-refractivity contribution in [2.75, 3.05) is 4.90 Å². The van der Waals surface area contributed by atoms with Crippen LogP contribution in [0.1, 0.15) is 44.1 Å². The van der Waals surface area contributed by atoms with Crippen molar-refractivity contribution < 1.29 is 0 Å². The Morgan fingerprint density at radius 1 is 0.323 bits per heavy atom. The van der Waals surface area contributed by atoms with Crippen molar-refractivity contribution in [2.45, 2.75) is 43.9 Å². The van der Waals surface area contributed by atoms with Gasteiger partial charge in [-0.2, -0.15) is 0 Å². The van der Waals surface area contributed by atoms with Gasteiger partial charge in [-0.15, -0.1) is 0 Å². The van der Waals surface area contributed by atoms with Gasteiger partial charge in [-0.05, 0) is 181 Å². The first-order chi connectivity index (χ1) is 32.1. The zero-order chi connectivity index (χ0) is 42.9. The van der Waals surface area contributed by atoms with Crippen LogP contribution in [0.4, 0.5) is 17.1 Å². The third-order valence-electron chi connectivity index (χ3n) is 15.6. The van der Waals surface area contributed by atoms with E-state index in [2.05, 4.69) is 223 Å². The van der Waals surface area contributed by atoms with Gasteiger partial charge in [0.25, 0.3) is 0 Å². The topological polar surface area (TPSA) is 3.24 Å². The van der Waals surface area contributed by atoms with Crippen molar-refractivity contribution in [3.05, 3.63) is 224 Å². The van der Waals surface area contributed by atoms with Gasteiger partial charge in [0.15, 0.2) is 0 Å². The van der Waals surface area contributed by atoms with Gasteiger partial charge < -0.3 is 4.90 Å². The van der Waals surface area contributed by atoms with Crippen LogP contribution in [-0.4, -0.2) is 0 Å². The van der Waals surface area contributed by atoms with E-state index >= 15 is 0 Å². The summed E-state index contributed by atoms with van der Waals surface area (Å²) < 4.78 is 0. The van der Waals surface area contributed by atoms with Crippen LogP contribution in [-0.2, 0) is 5.41 Å². The summed E-state index contributed by atoms with van der Waals surface area (Å²) in [7, 11) is 0. The fourth-order valence-electron chi connectivity index (χ4n) is 13.0. The summed E-state index contributed by atoms with van der Waals surface area (Å²) in [5.74, 6) is 2.84. The van der Waals surface area contributed by atoms with Gasteiger partial charge in [0.1, 0.15) is 0 Å². The summed E-state index contributed by atoms with van der Waals surface area (Å²) in [4.78, 5) is 2.47. The normalized spacial score (nSPS) is 19.8. The molecular formula is C64H51N. The third kappa shape index (κ3) is 6.67. The molecule has 0 atom stereocenters. The van der Waals surface area contributed by atoms with Gasteiger partial charge in [0.05, 0.1) is 5.69 Å². The molecule has 0 amide bonds. The lowest BCUT2D eigenvalue weighted by Gasteiger charge is -2.57. The lowest BCUT2D eigenvalue weighted by atomic mass is 9.48. The quantitative estimate of drug-likeness (QED) is 0.138. The van der Waals surface area contributed by atoms with E-state index < -0.39 is 0 Å². The second kappa shape index (κ2) is 15.5. The van der Waals surface area contributed by atoms with Gasteiger partial charge in [-0.1, -0.05) is 176 Å². The van der Waals surface area contributed by atoms with Crippen LogP contribution in [0.5, 0.6) is 0 Å². The monoisotopic (exact) mass is 833 g/mol. The van der Waals surface area contributed by atoms with Crippen LogP contribution in [0.25, 0.3) is 76.8 Å². The van der Waals surface area contributed by atoms with Crippen LogP contribution in [0.3, 0.4) is 0 Å². The fraction of sp³-hybridized carbons (Fsp3) is 0.156. The Bertz CT molecular complexity index is 3360. The summed E-state index contributed by atoms with van der Waals surface area (Å²) in [5, 5.41) is 7.53. The Morgan fingerprint density at radius 3 is 1.63 bits per heavy atom. The maximum Gasteiger partial charge on any atom is 0.0540 e. The molecule has 312 valence electrons. The predicted octanol–water partition coefficient (Wildman–Crippen LogP) is 17.8. The standard InChI is InChI=1S/C64H51N/c1-2-13-49(14-3-1)57-18-10-11-21-63(57)65(54-30-26-48(27-31-54)47-24-28-53(29-25-47)64-40-43-34-44(41-64)36-45(35-43)42-64)55-32-33-60(61(39-55)52-23-22-46-12-4-5-15-50(46)37-52)62-38-51-16-6-7-17-56(51)58-19-8-9-20-59(58)62/h1-33,37-39,43-45H,34-36,40-42H2. The number of fused-ring (bicyclic) bond motifs is 4. The summed E-state index contributed by atoms with van der Waals surface area (Å²) in [6, 6.07) is 81.6. The van der Waals surface area contributed by atoms with E-state index in [1.165, 1.54) is 115 Å². The number of para-hydroxylation sites is 1. The van der Waals surface area contributed by atoms with Crippen LogP contribution in [0.15, 0.2) is 218 Å². The summed E-state index contributed by atoms with van der Waals surface area (Å²) in [5.41, 5.74) is 15.1. The summed E-state index contributed by atoms with van der Waals surface area (Å²) in [6.45, 7) is 0. The Kier molecular flexibility index (Phi) is 9.12. The maximum atomic E-state index is 2.48. The van der Waals surface area contributed by atoms with Crippen LogP contribution >= 0.6 is 0 Å². The van der Waals surface area contributed by atoms with Crippen LogP contribution < -0.4 is 4.90 Å². The Hall–Kier alpha value is -7.22. The predicted molar refractivity (Wildman–Crippen MR) is 275 cm³/mol. The molecule has 4 fully saturated rings. The SMILES string of the molecule is c1ccc(-c2ccccc2N(c2ccc(-c3ccc(C45CC6CC(CC(C6)C4)C5)cc3)cc2)c2ccc(-c3cc4ccccc4c4ccccc34)c(-c3ccc4ccccc4c3)c2)cc1. The number of hydrogen-bond acceptors (Lipinski definition) is 1. The third-order valence-corrected chi connectivity index (χ3v) is 15.6. The molecule has 0 spiro atoms. The molecule has 0 unspecified atom stereocenters. The molecule has 0 N–H and O–H groups in total. The van der Waals surface area contributed by atoms with Gasteiger partial charge in [-0.3, -0.25) is 0 Å². The number of rotatable bonds is 8. The van der Waals surface area contributed by atoms with Crippen molar-refractivity contribution in [3.8, 4) is 44.5 Å². The molecule has 10 aromatic rings. The molecule has 14 rings (SSSR count). The smallest absolute Gasteiger partial charge is 0.0540 e. The average molecular weight is 834 g/mol. The van der Waals surface area contributed by atoms with Crippen molar-refractivity contribution in [1.82, 2.24) is 0 Å². The molecule has 0 saturated heterocycles. The van der Waals surface area contributed by atoms with E-state index in [9.17, 15) is 0 Å². The van der Waals surface area contributed by atoms with Gasteiger partial charge in [0, 0.05) is 16.9 Å². The molecule has 0 heterocycles. The summed E-state index contributed by atoms with van der Waals surface area (Å²) in [6.07, 6.45) is 8.63. The van der Waals surface area contributed by atoms with E-state index in [-0.39, 0.29) is 0 Å². The Balaban J connectivity index is 0.963. The molecule has 4 aliphatic rings. The molecule has 10 aromatic carbocycles. The maximum absolute atomic E-state index is 2.48. The molecule has 4 aliphatic carbocycles. The lowest BCUT2D eigenvalue weighted by molar-refractivity contribution is -0.00518. The van der Waals surface area contributed by atoms with Gasteiger partial charge in [0.2, 0.25) is 0 Å². The van der Waals surface area contributed by atoms with Crippen LogP contribution in [0, 0.1) is 17.8 Å². The second-order valence-electron chi connectivity index (χ2n) is 19.5. The van der Waals surface area contributed by atoms with E-state index in [1.807, 2.05) is 0 Å². The highest BCUT2D eigenvalue weighted by Crippen LogP contribution is 2.61. The van der Waals surface area contributed by atoms with Gasteiger partial charge >= 0.3 is 0 Å². The van der Waals surface area contributed by atoms with Crippen molar-refractivity contribution in [1.29, 1.82) is 0 Å². The molecule has 0 radical (unpaired) electrons. The van der Waals surface area contributed by atoms with E-state index in [0.29, 0.717) is 5.41 Å². The van der Waals surface area contributed by atoms with E-state index in [1.54, 1.807) is 5.56 Å². The summed E-state index contributed by atoms with van der Waals surface area (Å²) >= 11 is 0. The number of benzene rings is 10. The zero-order valence-corrected chi connectivity index (χ0v) is 36.7. The zero-order valence-electron chi connectivity index (χ0n) is 36.7. The Morgan fingerprint density at radius 2 is 0.892 bits per heavy atom. The first kappa shape index (κ1) is 38.3. The minimum Gasteiger partial charge on any atom is -0.310 e. The van der Waals surface area contributed by atoms with Crippen molar-refractivity contribution >= 4 is 49.4 Å². The Labute approximate surface area is 382 Å². The number of hydrogen-bond donors (Lipinski definition) is 0. The van der Waals surface area contributed by atoms with E-state index in [0.717, 1.165) is 34.8 Å². The number of anilines is 3. The van der Waals surface area contributed by atoms with E-state index in [4.69, 9.17) is 0 Å². The molecule has 0 aliphatic heterocycles. The lowest BCUT2D eigenvalue weighted by Crippen LogP contribution is -2.48. The minimum atomic E-state index is 0.409. The molecule has 4 saturated carbocycles. The largest absolute Gasteiger partial charge is 0.310 e. The molecular weight excluding hydrogens is 783 g/mol. The fourth-order valence-corrected chi connectivity index (χ4v) is 13.0. The minimum absolute atomic E-state index is 0.409. The average Bonchev–Trinajstić information content (AvgIpc) is 3.36. The van der Waals surface area contributed by atoms with Crippen LogP contribution in [0.2, 0.25) is 0 Å². The molecule has 4 bridgehead atoms. The first-order valence-corrected chi connectivity index (χ1v) is 23.8. The molecule has 1 nitrogen and oxygen atoms in total. The van der Waals surface area contributed by atoms with Crippen molar-refractivity contribution in [2.24, 2.45) is 17.8 Å². The van der Waals surface area contributed by atoms with Crippen molar-refractivity contribution in [3.63, 3.8) is 0 Å². The molecule has 1 heteroatoms. The highest BCUT2D eigenvalue weighted by Gasteiger charge is 2.51. The first-order valence-electron chi connectivity index (χ1n) is 23.8. The molecule has 0 aromatic heterocycles. The highest BCUT2D eigenvalue weighted by atomic mass is 15.1. The van der Waals surface area contributed by atoms with Gasteiger partial charge in [-0.25, -0.2) is 0 Å². The highest BCUT2D eigenvalue weighted by molar-refractivity contribution is 6.15. The molecule has 65 heavy (non-hydrogen) atoms.